The molecule has 0 amide bonds. The lowest BCUT2D eigenvalue weighted by Gasteiger charge is -2.29. The first kappa shape index (κ1) is 35.8. The first-order chi connectivity index (χ1) is 23.3. The molecule has 4 atom stereocenters. The molecular formula is C43H57NO4. The van der Waals surface area contributed by atoms with Crippen LogP contribution < -0.4 is 9.47 Å². The van der Waals surface area contributed by atoms with Crippen LogP contribution in [0.3, 0.4) is 0 Å². The molecule has 1 heterocycles. The average Bonchev–Trinajstić information content (AvgIpc) is 3.13. The number of carbonyl (C=O) groups excluding carboxylic acids is 2. The molecule has 2 aromatic carbocycles. The van der Waals surface area contributed by atoms with Gasteiger partial charge in [0, 0.05) is 35.9 Å². The van der Waals surface area contributed by atoms with Gasteiger partial charge in [0.15, 0.2) is 11.6 Å². The number of hydrogen-bond donors (Lipinski definition) is 0. The summed E-state index contributed by atoms with van der Waals surface area (Å²) in [5.41, 5.74) is 3.43. The van der Waals surface area contributed by atoms with Crippen molar-refractivity contribution in [2.45, 2.75) is 136 Å². The summed E-state index contributed by atoms with van der Waals surface area (Å²) in [7, 11) is 0. The van der Waals surface area contributed by atoms with Gasteiger partial charge in [-0.1, -0.05) is 71.2 Å². The van der Waals surface area contributed by atoms with Gasteiger partial charge in [-0.3, -0.25) is 14.6 Å². The summed E-state index contributed by atoms with van der Waals surface area (Å²) in [6.45, 7) is 8.69. The molecule has 1 aromatic heterocycles. The minimum atomic E-state index is -0.167. The van der Waals surface area contributed by atoms with Crippen molar-refractivity contribution < 1.29 is 19.1 Å². The standard InChI is InChI=1S/C43H57NO4/c1-5-32-13-19-38(20-14-32)47-40-23-17-35(18-24-40)30(3)11-25-42(45)36-27-37(29-44-28-36)43(46)31(4)10-12-34-15-21-39(22-16-34)48-41-9-7-8-33(6-2)26-41/h15-18,21-24,27-33,38,41H,5-14,19-20,25-26H2,1-4H3/t30?,31?,32?,33?,38?,41-/m1/s1. The Morgan fingerprint density at radius 1 is 0.750 bits per heavy atom. The summed E-state index contributed by atoms with van der Waals surface area (Å²) in [6.07, 6.45) is 18.7. The zero-order chi connectivity index (χ0) is 33.9. The van der Waals surface area contributed by atoms with Crippen molar-refractivity contribution in [2.75, 3.05) is 0 Å². The van der Waals surface area contributed by atoms with E-state index in [0.717, 1.165) is 68.3 Å². The Balaban J connectivity index is 1.05. The second-order valence-electron chi connectivity index (χ2n) is 14.7. The Morgan fingerprint density at radius 3 is 2.08 bits per heavy atom. The monoisotopic (exact) mass is 651 g/mol. The smallest absolute Gasteiger partial charge is 0.167 e. The largest absolute Gasteiger partial charge is 0.490 e. The molecule has 5 heteroatoms. The molecule has 5 nitrogen and oxygen atoms in total. The van der Waals surface area contributed by atoms with Gasteiger partial charge < -0.3 is 9.47 Å². The fourth-order valence-electron chi connectivity index (χ4n) is 7.56. The second-order valence-corrected chi connectivity index (χ2v) is 14.7. The predicted octanol–water partition coefficient (Wildman–Crippen LogP) is 11.0. The lowest BCUT2D eigenvalue weighted by molar-refractivity contribution is 0.0924. The maximum atomic E-state index is 13.3. The van der Waals surface area contributed by atoms with Crippen LogP contribution in [0.1, 0.15) is 149 Å². The SMILES string of the molecule is CCC1CCC(Oc2ccc(C(C)CCC(=O)c3cncc(C(=O)C(C)CCc4ccc(O[C@@H]5CCCC(CC)C5)cc4)c3)cc2)CC1. The number of nitrogens with zero attached hydrogens (tertiary/aromatic N) is 1. The quantitative estimate of drug-likeness (QED) is 0.144. The molecule has 0 spiro atoms. The van der Waals surface area contributed by atoms with Gasteiger partial charge in [0.2, 0.25) is 0 Å². The first-order valence-corrected chi connectivity index (χ1v) is 18.9. The van der Waals surface area contributed by atoms with Gasteiger partial charge in [0.1, 0.15) is 11.5 Å². The Kier molecular flexibility index (Phi) is 13.3. The molecule has 0 aliphatic heterocycles. The van der Waals surface area contributed by atoms with Gasteiger partial charge in [0.25, 0.3) is 0 Å². The van der Waals surface area contributed by atoms with Crippen molar-refractivity contribution in [3.63, 3.8) is 0 Å². The highest BCUT2D eigenvalue weighted by atomic mass is 16.5. The summed E-state index contributed by atoms with van der Waals surface area (Å²) in [5.74, 6) is 3.66. The van der Waals surface area contributed by atoms with Gasteiger partial charge in [-0.05, 0) is 123 Å². The van der Waals surface area contributed by atoms with Crippen LogP contribution in [0.5, 0.6) is 11.5 Å². The van der Waals surface area contributed by atoms with Crippen LogP contribution in [0.25, 0.3) is 0 Å². The van der Waals surface area contributed by atoms with Crippen LogP contribution in [-0.4, -0.2) is 28.8 Å². The van der Waals surface area contributed by atoms with E-state index in [1.807, 2.05) is 6.92 Å². The fraction of sp³-hybridized carbons (Fsp3) is 0.558. The molecule has 0 radical (unpaired) electrons. The molecule has 2 aliphatic carbocycles. The number of carbonyl (C=O) groups is 2. The highest BCUT2D eigenvalue weighted by Gasteiger charge is 2.23. The maximum absolute atomic E-state index is 13.3. The first-order valence-electron chi connectivity index (χ1n) is 18.9. The minimum Gasteiger partial charge on any atom is -0.490 e. The van der Waals surface area contributed by atoms with Crippen LogP contribution in [0, 0.1) is 17.8 Å². The maximum Gasteiger partial charge on any atom is 0.167 e. The topological polar surface area (TPSA) is 65.5 Å². The van der Waals surface area contributed by atoms with Gasteiger partial charge in [-0.25, -0.2) is 0 Å². The number of rotatable bonds is 16. The Morgan fingerprint density at radius 2 is 1.40 bits per heavy atom. The summed E-state index contributed by atoms with van der Waals surface area (Å²) < 4.78 is 12.6. The lowest BCUT2D eigenvalue weighted by Crippen LogP contribution is -2.25. The van der Waals surface area contributed by atoms with Crippen LogP contribution in [0.2, 0.25) is 0 Å². The molecule has 0 N–H and O–H groups in total. The number of aryl methyl sites for hydroxylation is 1. The van der Waals surface area contributed by atoms with Crippen molar-refractivity contribution in [1.82, 2.24) is 4.98 Å². The lowest BCUT2D eigenvalue weighted by atomic mass is 9.85. The van der Waals surface area contributed by atoms with Gasteiger partial charge in [-0.15, -0.1) is 0 Å². The van der Waals surface area contributed by atoms with Crippen LogP contribution in [0.15, 0.2) is 67.0 Å². The fourth-order valence-corrected chi connectivity index (χ4v) is 7.56. The highest BCUT2D eigenvalue weighted by molar-refractivity contribution is 6.01. The van der Waals surface area contributed by atoms with Crippen molar-refractivity contribution >= 4 is 11.6 Å². The summed E-state index contributed by atoms with van der Waals surface area (Å²) in [5, 5.41) is 0. The van der Waals surface area contributed by atoms with E-state index in [9.17, 15) is 9.59 Å². The second kappa shape index (κ2) is 17.8. The van der Waals surface area contributed by atoms with E-state index in [4.69, 9.17) is 9.47 Å². The highest BCUT2D eigenvalue weighted by Crippen LogP contribution is 2.32. The van der Waals surface area contributed by atoms with E-state index in [1.165, 1.54) is 49.7 Å². The molecule has 3 aromatic rings. The number of pyridine rings is 1. The Labute approximate surface area is 289 Å². The normalized spacial score (nSPS) is 22.4. The average molecular weight is 652 g/mol. The van der Waals surface area contributed by atoms with Gasteiger partial charge in [-0.2, -0.15) is 0 Å². The van der Waals surface area contributed by atoms with E-state index in [-0.39, 0.29) is 23.4 Å². The van der Waals surface area contributed by atoms with Crippen molar-refractivity contribution in [2.24, 2.45) is 17.8 Å². The molecule has 0 saturated heterocycles. The third-order valence-corrected chi connectivity index (χ3v) is 11.1. The third-order valence-electron chi connectivity index (χ3n) is 11.1. The molecule has 2 fully saturated rings. The van der Waals surface area contributed by atoms with Crippen molar-refractivity contribution in [1.29, 1.82) is 0 Å². The zero-order valence-electron chi connectivity index (χ0n) is 29.8. The summed E-state index contributed by atoms with van der Waals surface area (Å²) in [4.78, 5) is 30.8. The number of hydrogen-bond acceptors (Lipinski definition) is 5. The van der Waals surface area contributed by atoms with Gasteiger partial charge in [0.05, 0.1) is 12.2 Å². The van der Waals surface area contributed by atoms with Crippen molar-refractivity contribution in [3.8, 4) is 11.5 Å². The Bertz CT molecular complexity index is 1440. The molecule has 2 saturated carbocycles. The van der Waals surface area contributed by atoms with Crippen LogP contribution in [-0.2, 0) is 6.42 Å². The van der Waals surface area contributed by atoms with E-state index in [1.54, 1.807) is 18.5 Å². The molecule has 48 heavy (non-hydrogen) atoms. The van der Waals surface area contributed by atoms with Crippen LogP contribution in [0.4, 0.5) is 0 Å². The van der Waals surface area contributed by atoms with E-state index in [0.29, 0.717) is 29.8 Å². The zero-order valence-corrected chi connectivity index (χ0v) is 29.8. The number of ketones is 2. The predicted molar refractivity (Wildman–Crippen MR) is 194 cm³/mol. The number of benzene rings is 2. The molecule has 5 rings (SSSR count). The van der Waals surface area contributed by atoms with E-state index in [2.05, 4.69) is 74.3 Å². The van der Waals surface area contributed by atoms with E-state index < -0.39 is 0 Å². The third kappa shape index (κ3) is 10.3. The van der Waals surface area contributed by atoms with Crippen molar-refractivity contribution in [3.05, 3.63) is 89.2 Å². The molecule has 2 aliphatic rings. The van der Waals surface area contributed by atoms with E-state index >= 15 is 0 Å². The van der Waals surface area contributed by atoms with Gasteiger partial charge >= 0.3 is 0 Å². The molecular weight excluding hydrogens is 594 g/mol. The number of ether oxygens (including phenoxy) is 2. The summed E-state index contributed by atoms with van der Waals surface area (Å²) >= 11 is 0. The Hall–Kier alpha value is -3.47. The number of aromatic nitrogens is 1. The number of Topliss-reactive ketones (excluding diaryl/α,β-unsaturated/α-hetero) is 2. The minimum absolute atomic E-state index is 0.0278. The molecule has 0 bridgehead atoms. The van der Waals surface area contributed by atoms with Crippen LogP contribution >= 0.6 is 0 Å². The summed E-state index contributed by atoms with van der Waals surface area (Å²) in [6, 6.07) is 18.5. The molecule has 3 unspecified atom stereocenters. The molecule has 258 valence electrons.